The summed E-state index contributed by atoms with van der Waals surface area (Å²) in [6.07, 6.45) is 0. The van der Waals surface area contributed by atoms with E-state index >= 15 is 0 Å². The van der Waals surface area contributed by atoms with Gasteiger partial charge in [0.25, 0.3) is 5.91 Å². The quantitative estimate of drug-likeness (QED) is 0.312. The maximum atomic E-state index is 11.6. The lowest BCUT2D eigenvalue weighted by molar-refractivity contribution is -0.115. The molecule has 0 saturated carbocycles. The van der Waals surface area contributed by atoms with Gasteiger partial charge in [-0.15, -0.1) is 12.6 Å². The third-order valence-electron chi connectivity index (χ3n) is 2.35. The average Bonchev–Trinajstić information content (AvgIpc) is 2.58. The van der Waals surface area contributed by atoms with Crippen LogP contribution in [0.2, 0.25) is 0 Å². The molecule has 17 heavy (non-hydrogen) atoms. The summed E-state index contributed by atoms with van der Waals surface area (Å²) in [5.41, 5.74) is -1.02. The van der Waals surface area contributed by atoms with Crippen LogP contribution in [0.15, 0.2) is 10.3 Å². The van der Waals surface area contributed by atoms with E-state index in [9.17, 15) is 4.79 Å². The van der Waals surface area contributed by atoms with E-state index in [2.05, 4.69) is 33.2 Å². The first-order valence-corrected chi connectivity index (χ1v) is 5.37. The van der Waals surface area contributed by atoms with Crippen LogP contribution >= 0.6 is 12.6 Å². The molecule has 0 aromatic carbocycles. The first kappa shape index (κ1) is 13.5. The zero-order valence-corrected chi connectivity index (χ0v) is 11.0. The van der Waals surface area contributed by atoms with Crippen molar-refractivity contribution in [1.29, 1.82) is 0 Å². The van der Waals surface area contributed by atoms with Gasteiger partial charge in [0.15, 0.2) is 10.9 Å². The number of aryl methyl sites for hydroxylation is 1. The molecule has 0 aliphatic carbocycles. The number of aromatic nitrogens is 3. The zero-order valence-electron chi connectivity index (χ0n) is 10.1. The maximum absolute atomic E-state index is 11.6. The maximum Gasteiger partial charge on any atom is 0.271 e. The van der Waals surface area contributed by atoms with Crippen molar-refractivity contribution in [3.63, 3.8) is 0 Å². The Labute approximate surface area is 104 Å². The highest BCUT2D eigenvalue weighted by atomic mass is 32.1. The van der Waals surface area contributed by atoms with Crippen LogP contribution < -0.4 is 5.32 Å². The molecule has 1 amide bonds. The van der Waals surface area contributed by atoms with E-state index in [0.29, 0.717) is 11.0 Å². The fourth-order valence-electron chi connectivity index (χ4n) is 1.44. The van der Waals surface area contributed by atoms with Crippen LogP contribution in [0.1, 0.15) is 19.7 Å². The monoisotopic (exact) mass is 257 g/mol. The van der Waals surface area contributed by atoms with Gasteiger partial charge in [-0.05, 0) is 20.8 Å². The lowest BCUT2D eigenvalue weighted by atomic mass is 9.98. The van der Waals surface area contributed by atoms with Gasteiger partial charge < -0.3 is 10.5 Å². The van der Waals surface area contributed by atoms with Gasteiger partial charge in [-0.3, -0.25) is 4.79 Å². The van der Waals surface area contributed by atoms with E-state index in [1.807, 2.05) is 0 Å². The smallest absolute Gasteiger partial charge is 0.271 e. The Morgan fingerprint density at radius 2 is 2.18 bits per heavy atom. The van der Waals surface area contributed by atoms with Crippen molar-refractivity contribution < 1.29 is 10.0 Å². The molecule has 0 fully saturated rings. The summed E-state index contributed by atoms with van der Waals surface area (Å²) in [6, 6.07) is 0. The van der Waals surface area contributed by atoms with Crippen molar-refractivity contribution in [2.45, 2.75) is 31.5 Å². The van der Waals surface area contributed by atoms with Crippen LogP contribution in [0.4, 0.5) is 0 Å². The highest BCUT2D eigenvalue weighted by molar-refractivity contribution is 7.80. The normalized spacial score (nSPS) is 12.6. The minimum atomic E-state index is -0.951. The first-order valence-electron chi connectivity index (χ1n) is 4.92. The number of hydrogen-bond donors (Lipinski definition) is 3. The third kappa shape index (κ3) is 2.41. The van der Waals surface area contributed by atoms with E-state index in [-0.39, 0.29) is 5.71 Å². The molecule has 1 aromatic heterocycles. The summed E-state index contributed by atoms with van der Waals surface area (Å²) in [6.45, 7) is 5.08. The second-order valence-corrected chi connectivity index (χ2v) is 4.36. The summed E-state index contributed by atoms with van der Waals surface area (Å²) in [5, 5.41) is 18.9. The molecule has 1 aromatic rings. The minimum Gasteiger partial charge on any atom is -0.410 e. The fourth-order valence-corrected chi connectivity index (χ4v) is 1.88. The Bertz CT molecular complexity index is 466. The fraction of sp³-hybridized carbons (Fsp3) is 0.556. The van der Waals surface area contributed by atoms with E-state index < -0.39 is 11.4 Å². The topological polar surface area (TPSA) is 92.4 Å². The first-order chi connectivity index (χ1) is 7.84. The van der Waals surface area contributed by atoms with Gasteiger partial charge in [-0.25, -0.2) is 9.67 Å². The van der Waals surface area contributed by atoms with Crippen molar-refractivity contribution in [2.24, 2.45) is 5.16 Å². The molecule has 0 spiro atoms. The summed E-state index contributed by atoms with van der Waals surface area (Å²) in [7, 11) is 1.46. The number of carbonyl (C=O) groups is 1. The van der Waals surface area contributed by atoms with Crippen molar-refractivity contribution in [3.05, 3.63) is 5.82 Å². The summed E-state index contributed by atoms with van der Waals surface area (Å²) in [4.78, 5) is 15.6. The Morgan fingerprint density at radius 3 is 2.53 bits per heavy atom. The van der Waals surface area contributed by atoms with Crippen LogP contribution in [0, 0.1) is 6.92 Å². The van der Waals surface area contributed by atoms with Crippen molar-refractivity contribution in [3.8, 4) is 0 Å². The molecule has 0 saturated heterocycles. The second-order valence-electron chi connectivity index (χ2n) is 3.96. The van der Waals surface area contributed by atoms with E-state index in [4.69, 9.17) is 5.21 Å². The van der Waals surface area contributed by atoms with Crippen LogP contribution in [-0.4, -0.2) is 38.6 Å². The van der Waals surface area contributed by atoms with Gasteiger partial charge >= 0.3 is 0 Å². The van der Waals surface area contributed by atoms with E-state index in [0.717, 1.165) is 0 Å². The molecule has 2 N–H and O–H groups in total. The molecule has 94 valence electrons. The number of oxime groups is 1. The molecule has 0 bridgehead atoms. The average molecular weight is 257 g/mol. The Balaban J connectivity index is 3.27. The molecule has 0 aliphatic rings. The highest BCUT2D eigenvalue weighted by Crippen LogP contribution is 2.20. The molecule has 7 nitrogen and oxygen atoms in total. The Kier molecular flexibility index (Phi) is 3.76. The number of amides is 1. The van der Waals surface area contributed by atoms with Crippen LogP contribution in [-0.2, 0) is 10.3 Å². The zero-order chi connectivity index (χ0) is 13.2. The number of rotatable bonds is 3. The molecule has 8 heteroatoms. The van der Waals surface area contributed by atoms with E-state index in [1.165, 1.54) is 11.7 Å². The van der Waals surface area contributed by atoms with Gasteiger partial charge in [0.05, 0.1) is 0 Å². The van der Waals surface area contributed by atoms with Crippen LogP contribution in [0.3, 0.4) is 0 Å². The van der Waals surface area contributed by atoms with E-state index in [1.54, 1.807) is 20.8 Å². The number of nitrogens with one attached hydrogen (secondary N) is 1. The van der Waals surface area contributed by atoms with Crippen LogP contribution in [0.5, 0.6) is 0 Å². The SMILES string of the molecule is CNC(=O)/C(=N/O)C(C)(C)n1nc(C)nc1S. The summed E-state index contributed by atoms with van der Waals surface area (Å²) < 4.78 is 1.43. The molecular weight excluding hydrogens is 242 g/mol. The largest absolute Gasteiger partial charge is 0.410 e. The molecule has 1 heterocycles. The molecule has 0 atom stereocenters. The number of carbonyl (C=O) groups excluding carboxylic acids is 1. The van der Waals surface area contributed by atoms with Gasteiger partial charge in [0, 0.05) is 7.05 Å². The van der Waals surface area contributed by atoms with Gasteiger partial charge in [-0.2, -0.15) is 5.10 Å². The number of hydrogen-bond acceptors (Lipinski definition) is 6. The van der Waals surface area contributed by atoms with Gasteiger partial charge in [0.1, 0.15) is 11.4 Å². The third-order valence-corrected chi connectivity index (χ3v) is 2.64. The number of thiol groups is 1. The predicted octanol–water partition coefficient (Wildman–Crippen LogP) is 0.187. The Hall–Kier alpha value is -1.57. The predicted molar refractivity (Wildman–Crippen MR) is 64.6 cm³/mol. The lowest BCUT2D eigenvalue weighted by Crippen LogP contribution is -2.45. The number of nitrogens with zero attached hydrogens (tertiary/aromatic N) is 4. The van der Waals surface area contributed by atoms with Gasteiger partial charge in [0.2, 0.25) is 0 Å². The summed E-state index contributed by atoms with van der Waals surface area (Å²) in [5.74, 6) is 0.0376. The standard InChI is InChI=1S/C9H15N5O2S/c1-5-11-8(17)14(12-5)9(2,3)6(13-16)7(15)10-4/h16H,1-4H3,(H,10,15)(H,11,12,17)/b13-6-. The van der Waals surface area contributed by atoms with Crippen molar-refractivity contribution in [1.82, 2.24) is 20.1 Å². The van der Waals surface area contributed by atoms with Crippen molar-refractivity contribution in [2.75, 3.05) is 7.05 Å². The molecular formula is C9H15N5O2S. The summed E-state index contributed by atoms with van der Waals surface area (Å²) >= 11 is 4.16. The Morgan fingerprint density at radius 1 is 1.59 bits per heavy atom. The molecule has 0 unspecified atom stereocenters. The van der Waals surface area contributed by atoms with Crippen molar-refractivity contribution >= 4 is 24.2 Å². The second kappa shape index (κ2) is 4.74. The lowest BCUT2D eigenvalue weighted by Gasteiger charge is -2.25. The molecule has 0 aliphatic heterocycles. The van der Waals surface area contributed by atoms with Crippen LogP contribution in [0.25, 0.3) is 0 Å². The van der Waals surface area contributed by atoms with Gasteiger partial charge in [-0.1, -0.05) is 5.16 Å². The highest BCUT2D eigenvalue weighted by Gasteiger charge is 2.35. The minimum absolute atomic E-state index is 0.0693. The molecule has 1 rings (SSSR count). The molecule has 0 radical (unpaired) electrons.